The zero-order valence-electron chi connectivity index (χ0n) is 20.9. The van der Waals surface area contributed by atoms with Crippen LogP contribution in [0.4, 0.5) is 10.6 Å². The fraction of sp³-hybridized carbons (Fsp3) is 0.333. The molecule has 0 bridgehead atoms. The van der Waals surface area contributed by atoms with E-state index in [1.54, 1.807) is 17.2 Å². The molecule has 5 rings (SSSR count). The molecule has 4 aromatic rings. The lowest BCUT2D eigenvalue weighted by Gasteiger charge is -2.32. The van der Waals surface area contributed by atoms with E-state index in [-0.39, 0.29) is 6.03 Å². The maximum absolute atomic E-state index is 13.7. The third-order valence-electron chi connectivity index (χ3n) is 6.33. The lowest BCUT2D eigenvalue weighted by atomic mass is 9.97. The number of tetrazole rings is 1. The highest BCUT2D eigenvalue weighted by Crippen LogP contribution is 2.31. The third-order valence-corrected chi connectivity index (χ3v) is 6.33. The monoisotopic (exact) mass is 498 g/mol. The summed E-state index contributed by atoms with van der Waals surface area (Å²) in [5, 5.41) is 14.8. The fourth-order valence-electron chi connectivity index (χ4n) is 4.37. The van der Waals surface area contributed by atoms with Crippen molar-refractivity contribution in [2.24, 2.45) is 0 Å². The Balaban J connectivity index is 1.51. The predicted octanol–water partition coefficient (Wildman–Crippen LogP) is 4.13. The van der Waals surface area contributed by atoms with Crippen molar-refractivity contribution in [3.05, 3.63) is 72.2 Å². The summed E-state index contributed by atoms with van der Waals surface area (Å²) in [5.74, 6) is 1.83. The van der Waals surface area contributed by atoms with Gasteiger partial charge in [-0.2, -0.15) is 5.21 Å². The van der Waals surface area contributed by atoms with Crippen LogP contribution in [0.2, 0.25) is 0 Å². The summed E-state index contributed by atoms with van der Waals surface area (Å²) in [6.45, 7) is 4.62. The standard InChI is InChI=1S/C27H30N8O2/c1-2-3-9-24-28-13-12-25(29-24)35(27(36)34-14-16-37-17-15-34)19-20-10-11-22(21-7-5-4-6-8-21)23(18-20)26-30-32-33-31-26/h4-8,10-13,18H,2-3,9,14-17,19H2,1H3,(H,30,31,32,33). The Hall–Kier alpha value is -4.18. The van der Waals surface area contributed by atoms with Crippen LogP contribution in [0.15, 0.2) is 60.8 Å². The second-order valence-corrected chi connectivity index (χ2v) is 8.88. The minimum Gasteiger partial charge on any atom is -0.378 e. The molecule has 3 heterocycles. The van der Waals surface area contributed by atoms with Crippen molar-refractivity contribution in [2.45, 2.75) is 32.7 Å². The molecule has 0 radical (unpaired) electrons. The minimum absolute atomic E-state index is 0.100. The first kappa shape index (κ1) is 24.5. The highest BCUT2D eigenvalue weighted by molar-refractivity contribution is 5.91. The van der Waals surface area contributed by atoms with Gasteiger partial charge in [-0.3, -0.25) is 4.90 Å². The number of hydrogen-bond donors (Lipinski definition) is 1. The van der Waals surface area contributed by atoms with Crippen LogP contribution < -0.4 is 4.90 Å². The molecule has 1 aliphatic rings. The number of aromatic nitrogens is 6. The van der Waals surface area contributed by atoms with E-state index in [0.29, 0.717) is 44.5 Å². The number of anilines is 1. The van der Waals surface area contributed by atoms with Gasteiger partial charge in [0.1, 0.15) is 11.6 Å². The van der Waals surface area contributed by atoms with Crippen molar-refractivity contribution in [3.8, 4) is 22.5 Å². The van der Waals surface area contributed by atoms with Gasteiger partial charge in [-0.15, -0.1) is 10.2 Å². The molecule has 0 atom stereocenters. The number of aryl methyl sites for hydroxylation is 1. The number of urea groups is 1. The summed E-state index contributed by atoms with van der Waals surface area (Å²) in [6.07, 6.45) is 4.56. The van der Waals surface area contributed by atoms with Crippen LogP contribution in [-0.4, -0.2) is 67.8 Å². The number of benzene rings is 2. The van der Waals surface area contributed by atoms with Gasteiger partial charge < -0.3 is 9.64 Å². The normalized spacial score (nSPS) is 13.5. The van der Waals surface area contributed by atoms with Gasteiger partial charge in [0.15, 0.2) is 0 Å². The van der Waals surface area contributed by atoms with E-state index in [4.69, 9.17) is 9.72 Å². The Bertz CT molecular complexity index is 1310. The van der Waals surface area contributed by atoms with Crippen molar-refractivity contribution in [1.82, 2.24) is 35.5 Å². The van der Waals surface area contributed by atoms with E-state index in [2.05, 4.69) is 32.5 Å². The average molecular weight is 499 g/mol. The molecule has 10 nitrogen and oxygen atoms in total. The van der Waals surface area contributed by atoms with E-state index in [0.717, 1.165) is 47.3 Å². The highest BCUT2D eigenvalue weighted by Gasteiger charge is 2.26. The molecule has 190 valence electrons. The summed E-state index contributed by atoms with van der Waals surface area (Å²) >= 11 is 0. The summed E-state index contributed by atoms with van der Waals surface area (Å²) in [6, 6.07) is 17.9. The van der Waals surface area contributed by atoms with Gasteiger partial charge in [-0.05, 0) is 40.5 Å². The molecule has 10 heteroatoms. The smallest absolute Gasteiger partial charge is 0.326 e. The van der Waals surface area contributed by atoms with Crippen LogP contribution in [0.3, 0.4) is 0 Å². The molecule has 2 aromatic heterocycles. The van der Waals surface area contributed by atoms with Crippen molar-refractivity contribution >= 4 is 11.8 Å². The second-order valence-electron chi connectivity index (χ2n) is 8.88. The number of unbranched alkanes of at least 4 members (excludes halogenated alkanes) is 1. The van der Waals surface area contributed by atoms with Gasteiger partial charge in [0, 0.05) is 31.3 Å². The summed E-state index contributed by atoms with van der Waals surface area (Å²) < 4.78 is 5.47. The summed E-state index contributed by atoms with van der Waals surface area (Å²) in [4.78, 5) is 26.4. The molecule has 0 aliphatic carbocycles. The molecule has 1 saturated heterocycles. The molecule has 2 amide bonds. The van der Waals surface area contributed by atoms with Crippen molar-refractivity contribution < 1.29 is 9.53 Å². The molecule has 0 saturated carbocycles. The maximum atomic E-state index is 13.7. The molecular weight excluding hydrogens is 468 g/mol. The van der Waals surface area contributed by atoms with E-state index < -0.39 is 0 Å². The van der Waals surface area contributed by atoms with E-state index in [9.17, 15) is 4.79 Å². The highest BCUT2D eigenvalue weighted by atomic mass is 16.5. The molecule has 1 N–H and O–H groups in total. The molecular formula is C27H30N8O2. The number of carbonyl (C=O) groups is 1. The molecule has 0 spiro atoms. The SMILES string of the molecule is CCCCc1nccc(N(Cc2ccc(-c3ccccc3)c(-c3nn[nH]n3)c2)C(=O)N2CCOCC2)n1. The van der Waals surface area contributed by atoms with Gasteiger partial charge >= 0.3 is 6.03 Å². The Labute approximate surface area is 215 Å². The number of morpholine rings is 1. The van der Waals surface area contributed by atoms with E-state index in [1.807, 2.05) is 53.4 Å². The molecule has 2 aromatic carbocycles. The van der Waals surface area contributed by atoms with Gasteiger partial charge in [0.2, 0.25) is 5.82 Å². The van der Waals surface area contributed by atoms with Crippen LogP contribution in [0.5, 0.6) is 0 Å². The second kappa shape index (κ2) is 11.7. The largest absolute Gasteiger partial charge is 0.378 e. The first-order chi connectivity index (χ1) is 18.2. The number of H-pyrrole nitrogens is 1. The zero-order chi connectivity index (χ0) is 25.5. The Morgan fingerprint density at radius 3 is 2.68 bits per heavy atom. The zero-order valence-corrected chi connectivity index (χ0v) is 20.9. The number of nitrogens with zero attached hydrogens (tertiary/aromatic N) is 7. The first-order valence-electron chi connectivity index (χ1n) is 12.6. The number of ether oxygens (including phenoxy) is 1. The number of aromatic amines is 1. The predicted molar refractivity (Wildman–Crippen MR) is 140 cm³/mol. The number of amides is 2. The van der Waals surface area contributed by atoms with Crippen LogP contribution in [0.25, 0.3) is 22.5 Å². The summed E-state index contributed by atoms with van der Waals surface area (Å²) in [7, 11) is 0. The van der Waals surface area contributed by atoms with Gasteiger partial charge in [-0.25, -0.2) is 14.8 Å². The Morgan fingerprint density at radius 1 is 1.08 bits per heavy atom. The summed E-state index contributed by atoms with van der Waals surface area (Å²) in [5.41, 5.74) is 3.80. The fourth-order valence-corrected chi connectivity index (χ4v) is 4.37. The number of nitrogens with one attached hydrogen (secondary N) is 1. The van der Waals surface area contributed by atoms with E-state index in [1.165, 1.54) is 0 Å². The Morgan fingerprint density at radius 2 is 1.92 bits per heavy atom. The van der Waals surface area contributed by atoms with Crippen molar-refractivity contribution in [2.75, 3.05) is 31.2 Å². The first-order valence-corrected chi connectivity index (χ1v) is 12.6. The molecule has 1 fully saturated rings. The number of hydrogen-bond acceptors (Lipinski definition) is 7. The molecule has 37 heavy (non-hydrogen) atoms. The van der Waals surface area contributed by atoms with Crippen LogP contribution >= 0.6 is 0 Å². The average Bonchev–Trinajstić information content (AvgIpc) is 3.51. The quantitative estimate of drug-likeness (QED) is 0.389. The minimum atomic E-state index is -0.100. The van der Waals surface area contributed by atoms with Gasteiger partial charge in [-0.1, -0.05) is 55.8 Å². The molecule has 0 unspecified atom stereocenters. The van der Waals surface area contributed by atoms with Crippen LogP contribution in [0.1, 0.15) is 31.2 Å². The van der Waals surface area contributed by atoms with Crippen molar-refractivity contribution in [3.63, 3.8) is 0 Å². The lowest BCUT2D eigenvalue weighted by Crippen LogP contribution is -2.48. The lowest BCUT2D eigenvalue weighted by molar-refractivity contribution is 0.0547. The van der Waals surface area contributed by atoms with Gasteiger partial charge in [0.25, 0.3) is 0 Å². The number of rotatable bonds is 8. The molecule has 1 aliphatic heterocycles. The Kier molecular flexibility index (Phi) is 7.75. The third kappa shape index (κ3) is 5.80. The van der Waals surface area contributed by atoms with E-state index >= 15 is 0 Å². The topological polar surface area (TPSA) is 113 Å². The van der Waals surface area contributed by atoms with Crippen LogP contribution in [0, 0.1) is 0 Å². The maximum Gasteiger partial charge on any atom is 0.326 e. The van der Waals surface area contributed by atoms with Crippen molar-refractivity contribution in [1.29, 1.82) is 0 Å². The number of carbonyl (C=O) groups excluding carboxylic acids is 1. The van der Waals surface area contributed by atoms with Gasteiger partial charge in [0.05, 0.1) is 19.8 Å². The van der Waals surface area contributed by atoms with Crippen LogP contribution in [-0.2, 0) is 17.7 Å².